The van der Waals surface area contributed by atoms with E-state index in [9.17, 15) is 0 Å². The summed E-state index contributed by atoms with van der Waals surface area (Å²) < 4.78 is 5.61. The summed E-state index contributed by atoms with van der Waals surface area (Å²) in [6, 6.07) is 12.9. The number of hydrogen-bond donors (Lipinski definition) is 1. The zero-order valence-corrected chi connectivity index (χ0v) is 11.4. The fourth-order valence-corrected chi connectivity index (χ4v) is 2.10. The third-order valence-electron chi connectivity index (χ3n) is 3.29. The SMILES string of the molecule is Cc1ccc(C(C)NCCc2ccccc2C)o1. The van der Waals surface area contributed by atoms with Crippen LogP contribution in [-0.2, 0) is 6.42 Å². The summed E-state index contributed by atoms with van der Waals surface area (Å²) in [6.45, 7) is 7.24. The van der Waals surface area contributed by atoms with Crippen molar-refractivity contribution in [1.82, 2.24) is 5.32 Å². The van der Waals surface area contributed by atoms with Crippen LogP contribution in [0.2, 0.25) is 0 Å². The number of rotatable bonds is 5. The first-order valence-corrected chi connectivity index (χ1v) is 6.51. The second kappa shape index (κ2) is 5.87. The van der Waals surface area contributed by atoms with E-state index in [0.29, 0.717) is 0 Å². The Hall–Kier alpha value is -1.54. The smallest absolute Gasteiger partial charge is 0.120 e. The summed E-state index contributed by atoms with van der Waals surface area (Å²) in [5, 5.41) is 3.49. The van der Waals surface area contributed by atoms with Gasteiger partial charge in [-0.05, 0) is 57.0 Å². The quantitative estimate of drug-likeness (QED) is 0.864. The van der Waals surface area contributed by atoms with E-state index in [2.05, 4.69) is 43.4 Å². The summed E-state index contributed by atoms with van der Waals surface area (Å²) in [5.41, 5.74) is 2.77. The first-order chi connectivity index (χ1) is 8.66. The van der Waals surface area contributed by atoms with Crippen LogP contribution in [0.25, 0.3) is 0 Å². The molecule has 1 N–H and O–H groups in total. The second-order valence-electron chi connectivity index (χ2n) is 4.80. The highest BCUT2D eigenvalue weighted by atomic mass is 16.3. The van der Waals surface area contributed by atoms with Gasteiger partial charge in [0.15, 0.2) is 0 Å². The Labute approximate surface area is 109 Å². The molecular weight excluding hydrogens is 222 g/mol. The van der Waals surface area contributed by atoms with Crippen LogP contribution in [0.4, 0.5) is 0 Å². The molecule has 1 unspecified atom stereocenters. The van der Waals surface area contributed by atoms with Crippen molar-refractivity contribution in [3.63, 3.8) is 0 Å². The highest BCUT2D eigenvalue weighted by Crippen LogP contribution is 2.15. The Morgan fingerprint density at radius 1 is 1.11 bits per heavy atom. The summed E-state index contributed by atoms with van der Waals surface area (Å²) in [4.78, 5) is 0. The van der Waals surface area contributed by atoms with E-state index >= 15 is 0 Å². The first kappa shape index (κ1) is 12.9. The number of furan rings is 1. The van der Waals surface area contributed by atoms with E-state index < -0.39 is 0 Å². The Kier molecular flexibility index (Phi) is 4.21. The lowest BCUT2D eigenvalue weighted by molar-refractivity contribution is 0.418. The molecule has 2 nitrogen and oxygen atoms in total. The molecule has 0 radical (unpaired) electrons. The van der Waals surface area contributed by atoms with Crippen LogP contribution in [0.5, 0.6) is 0 Å². The molecule has 2 rings (SSSR count). The average molecular weight is 243 g/mol. The van der Waals surface area contributed by atoms with Crippen LogP contribution in [0.1, 0.15) is 35.6 Å². The normalized spacial score (nSPS) is 12.6. The van der Waals surface area contributed by atoms with Crippen LogP contribution in [0.3, 0.4) is 0 Å². The van der Waals surface area contributed by atoms with Crippen molar-refractivity contribution in [3.05, 3.63) is 59.0 Å². The third-order valence-corrected chi connectivity index (χ3v) is 3.29. The third kappa shape index (κ3) is 3.23. The van der Waals surface area contributed by atoms with E-state index in [1.807, 2.05) is 19.1 Å². The molecule has 1 aromatic carbocycles. The number of benzene rings is 1. The van der Waals surface area contributed by atoms with Crippen LogP contribution < -0.4 is 5.32 Å². The topological polar surface area (TPSA) is 25.2 Å². The molecule has 0 fully saturated rings. The van der Waals surface area contributed by atoms with Gasteiger partial charge in [-0.2, -0.15) is 0 Å². The fraction of sp³-hybridized carbons (Fsp3) is 0.375. The van der Waals surface area contributed by atoms with Crippen LogP contribution in [0.15, 0.2) is 40.8 Å². The Morgan fingerprint density at radius 3 is 2.56 bits per heavy atom. The molecular formula is C16H21NO. The largest absolute Gasteiger partial charge is 0.465 e. The molecule has 96 valence electrons. The summed E-state index contributed by atoms with van der Waals surface area (Å²) in [5.74, 6) is 1.98. The molecule has 0 aliphatic heterocycles. The van der Waals surface area contributed by atoms with Gasteiger partial charge < -0.3 is 9.73 Å². The maximum absolute atomic E-state index is 5.61. The molecule has 1 heterocycles. The van der Waals surface area contributed by atoms with Crippen molar-refractivity contribution in [2.75, 3.05) is 6.54 Å². The molecule has 0 saturated carbocycles. The maximum atomic E-state index is 5.61. The van der Waals surface area contributed by atoms with E-state index in [0.717, 1.165) is 24.5 Å². The van der Waals surface area contributed by atoms with Gasteiger partial charge in [0.05, 0.1) is 6.04 Å². The highest BCUT2D eigenvalue weighted by molar-refractivity contribution is 5.25. The van der Waals surface area contributed by atoms with Gasteiger partial charge in [-0.3, -0.25) is 0 Å². The minimum absolute atomic E-state index is 0.266. The minimum atomic E-state index is 0.266. The van der Waals surface area contributed by atoms with Crippen LogP contribution in [-0.4, -0.2) is 6.54 Å². The number of hydrogen-bond acceptors (Lipinski definition) is 2. The standard InChI is InChI=1S/C16H21NO/c1-12-6-4-5-7-15(12)10-11-17-14(3)16-9-8-13(2)18-16/h4-9,14,17H,10-11H2,1-3H3. The van der Waals surface area contributed by atoms with Gasteiger partial charge in [-0.25, -0.2) is 0 Å². The predicted octanol–water partition coefficient (Wildman–Crippen LogP) is 3.79. The van der Waals surface area contributed by atoms with Crippen LogP contribution in [0, 0.1) is 13.8 Å². The summed E-state index contributed by atoms with van der Waals surface area (Å²) in [6.07, 6.45) is 1.05. The predicted molar refractivity (Wildman–Crippen MR) is 74.7 cm³/mol. The zero-order valence-electron chi connectivity index (χ0n) is 11.4. The van der Waals surface area contributed by atoms with Crippen LogP contribution >= 0.6 is 0 Å². The molecule has 0 aliphatic rings. The monoisotopic (exact) mass is 243 g/mol. The zero-order chi connectivity index (χ0) is 13.0. The van der Waals surface area contributed by atoms with Gasteiger partial charge in [0.1, 0.15) is 11.5 Å². The van der Waals surface area contributed by atoms with E-state index in [1.165, 1.54) is 11.1 Å². The molecule has 2 heteroatoms. The molecule has 18 heavy (non-hydrogen) atoms. The summed E-state index contributed by atoms with van der Waals surface area (Å²) >= 11 is 0. The second-order valence-corrected chi connectivity index (χ2v) is 4.80. The lowest BCUT2D eigenvalue weighted by Crippen LogP contribution is -2.21. The fourth-order valence-electron chi connectivity index (χ4n) is 2.10. The van der Waals surface area contributed by atoms with Crippen molar-refractivity contribution in [2.24, 2.45) is 0 Å². The molecule has 2 aromatic rings. The lowest BCUT2D eigenvalue weighted by atomic mass is 10.1. The molecule has 0 aliphatic carbocycles. The van der Waals surface area contributed by atoms with Crippen molar-refractivity contribution in [2.45, 2.75) is 33.2 Å². The number of aryl methyl sites for hydroxylation is 2. The Bertz CT molecular complexity index is 501. The molecule has 0 spiro atoms. The van der Waals surface area contributed by atoms with Gasteiger partial charge in [0.2, 0.25) is 0 Å². The van der Waals surface area contributed by atoms with Gasteiger partial charge in [0, 0.05) is 0 Å². The maximum Gasteiger partial charge on any atom is 0.120 e. The summed E-state index contributed by atoms with van der Waals surface area (Å²) in [7, 11) is 0. The van der Waals surface area contributed by atoms with E-state index in [1.54, 1.807) is 0 Å². The van der Waals surface area contributed by atoms with Crippen molar-refractivity contribution in [1.29, 1.82) is 0 Å². The van der Waals surface area contributed by atoms with Gasteiger partial charge >= 0.3 is 0 Å². The minimum Gasteiger partial charge on any atom is -0.465 e. The Morgan fingerprint density at radius 2 is 1.89 bits per heavy atom. The molecule has 0 saturated heterocycles. The van der Waals surface area contributed by atoms with Gasteiger partial charge in [-0.15, -0.1) is 0 Å². The van der Waals surface area contributed by atoms with Crippen molar-refractivity contribution < 1.29 is 4.42 Å². The van der Waals surface area contributed by atoms with Gasteiger partial charge in [0.25, 0.3) is 0 Å². The Balaban J connectivity index is 1.84. The van der Waals surface area contributed by atoms with Crippen molar-refractivity contribution in [3.8, 4) is 0 Å². The molecule has 1 aromatic heterocycles. The molecule has 0 amide bonds. The van der Waals surface area contributed by atoms with Crippen molar-refractivity contribution >= 4 is 0 Å². The average Bonchev–Trinajstić information content (AvgIpc) is 2.78. The first-order valence-electron chi connectivity index (χ1n) is 6.51. The van der Waals surface area contributed by atoms with E-state index in [-0.39, 0.29) is 6.04 Å². The van der Waals surface area contributed by atoms with E-state index in [4.69, 9.17) is 4.42 Å². The van der Waals surface area contributed by atoms with Gasteiger partial charge in [-0.1, -0.05) is 24.3 Å². The highest BCUT2D eigenvalue weighted by Gasteiger charge is 2.08. The molecule has 1 atom stereocenters. The lowest BCUT2D eigenvalue weighted by Gasteiger charge is -2.12. The molecule has 0 bridgehead atoms. The number of nitrogens with one attached hydrogen (secondary N) is 1.